The molecule has 1 radical (unpaired) electrons. The summed E-state index contributed by atoms with van der Waals surface area (Å²) in [6, 6.07) is 0. The van der Waals surface area contributed by atoms with Crippen molar-refractivity contribution in [1.29, 1.82) is 0 Å². The van der Waals surface area contributed by atoms with Gasteiger partial charge >= 0.3 is 6.09 Å². The maximum atomic E-state index is 8.78. The van der Waals surface area contributed by atoms with E-state index in [2.05, 4.69) is 5.73 Å². The zero-order chi connectivity index (χ0) is 3.58. The van der Waals surface area contributed by atoms with Crippen LogP contribution in [0.5, 0.6) is 0 Å². The van der Waals surface area contributed by atoms with Crippen molar-refractivity contribution >= 4 is 6.09 Å². The second-order valence-electron chi connectivity index (χ2n) is 0.338. The van der Waals surface area contributed by atoms with Gasteiger partial charge in [-0.25, -0.2) is 4.79 Å². The first-order valence-electron chi connectivity index (χ1n) is 0.716. The summed E-state index contributed by atoms with van der Waals surface area (Å²) < 4.78 is 0. The molecule has 0 aliphatic heterocycles. The molecular weight excluding hydrogens is 127 g/mol. The number of hydrogen-bond acceptors (Lipinski definition) is 2. The zero-order valence-electron chi connectivity index (χ0n) is 3.02. The SMILES string of the molecule is N.NC(=O)O.[Mn]. The molecule has 0 spiro atoms. The van der Waals surface area contributed by atoms with Crippen LogP contribution in [0.4, 0.5) is 4.79 Å². The average Bonchev–Trinajstić information content (AvgIpc) is 0.811. The summed E-state index contributed by atoms with van der Waals surface area (Å²) in [5.74, 6) is 0. The second kappa shape index (κ2) is 8.83. The molecule has 0 aromatic rings. The third-order valence-corrected chi connectivity index (χ3v) is 0. The van der Waals surface area contributed by atoms with Gasteiger partial charge in [-0.3, -0.25) is 0 Å². The molecule has 0 heterocycles. The Bertz CT molecular complexity index is 34.5. The minimum Gasteiger partial charge on any atom is -0.465 e. The van der Waals surface area contributed by atoms with Gasteiger partial charge in [-0.05, 0) is 0 Å². The molecular formula is CH6MnN2O2. The second-order valence-corrected chi connectivity index (χ2v) is 0.338. The van der Waals surface area contributed by atoms with Gasteiger partial charge in [0.05, 0.1) is 0 Å². The fourth-order valence-electron chi connectivity index (χ4n) is 0. The van der Waals surface area contributed by atoms with Crippen LogP contribution >= 0.6 is 0 Å². The Labute approximate surface area is 45.8 Å². The molecule has 0 aliphatic rings. The summed E-state index contributed by atoms with van der Waals surface area (Å²) in [4.78, 5) is 8.78. The fraction of sp³-hybridized carbons (Fsp3) is 0. The molecule has 0 aliphatic carbocycles. The largest absolute Gasteiger partial charge is 0.465 e. The molecule has 0 saturated carbocycles. The summed E-state index contributed by atoms with van der Waals surface area (Å²) in [6.07, 6.45) is -1.33. The van der Waals surface area contributed by atoms with Crippen molar-refractivity contribution < 1.29 is 27.0 Å². The zero-order valence-corrected chi connectivity index (χ0v) is 4.20. The van der Waals surface area contributed by atoms with E-state index in [0.717, 1.165) is 0 Å². The molecule has 0 rings (SSSR count). The first-order chi connectivity index (χ1) is 1.73. The van der Waals surface area contributed by atoms with E-state index in [1.54, 1.807) is 0 Å². The van der Waals surface area contributed by atoms with Gasteiger partial charge in [0, 0.05) is 17.1 Å². The topological polar surface area (TPSA) is 98.3 Å². The first-order valence-corrected chi connectivity index (χ1v) is 0.716. The number of carbonyl (C=O) groups is 1. The summed E-state index contributed by atoms with van der Waals surface area (Å²) >= 11 is 0. The van der Waals surface area contributed by atoms with Gasteiger partial charge in [-0.15, -0.1) is 0 Å². The molecule has 0 aromatic heterocycles. The van der Waals surface area contributed by atoms with Gasteiger partial charge in [0.2, 0.25) is 0 Å². The predicted molar refractivity (Wildman–Crippen MR) is 17.2 cm³/mol. The molecule has 5 heteroatoms. The van der Waals surface area contributed by atoms with E-state index < -0.39 is 6.09 Å². The van der Waals surface area contributed by atoms with Gasteiger partial charge in [0.1, 0.15) is 0 Å². The van der Waals surface area contributed by atoms with Gasteiger partial charge in [0.25, 0.3) is 0 Å². The number of carboxylic acid groups (broad SMARTS) is 1. The number of primary amides is 1. The third-order valence-electron chi connectivity index (χ3n) is 0. The standard InChI is InChI=1S/CH3NO2.Mn.H3N/c2-1(3)4;;/h2H2,(H,3,4);;1H3. The quantitative estimate of drug-likeness (QED) is 0.398. The van der Waals surface area contributed by atoms with Crippen LogP contribution in [0.25, 0.3) is 0 Å². The summed E-state index contributed by atoms with van der Waals surface area (Å²) in [7, 11) is 0. The van der Waals surface area contributed by atoms with Crippen LogP contribution < -0.4 is 11.9 Å². The molecule has 6 heavy (non-hydrogen) atoms. The van der Waals surface area contributed by atoms with Gasteiger partial charge < -0.3 is 17.0 Å². The van der Waals surface area contributed by atoms with Gasteiger partial charge in [-0.2, -0.15) is 0 Å². The molecule has 0 bridgehead atoms. The minimum absolute atomic E-state index is 0. The number of nitrogens with two attached hydrogens (primary N) is 1. The maximum Gasteiger partial charge on any atom is 0.402 e. The van der Waals surface area contributed by atoms with Crippen LogP contribution in [0.15, 0.2) is 0 Å². The monoisotopic (exact) mass is 133 g/mol. The van der Waals surface area contributed by atoms with E-state index in [0.29, 0.717) is 0 Å². The number of hydrogen-bond donors (Lipinski definition) is 3. The Balaban J connectivity index is -0.0000000450. The van der Waals surface area contributed by atoms with Crippen molar-refractivity contribution in [3.63, 3.8) is 0 Å². The molecule has 0 unspecified atom stereocenters. The number of rotatable bonds is 0. The van der Waals surface area contributed by atoms with Gasteiger partial charge in [-0.1, -0.05) is 0 Å². The van der Waals surface area contributed by atoms with Crippen LogP contribution in [0.1, 0.15) is 0 Å². The summed E-state index contributed by atoms with van der Waals surface area (Å²) in [6.45, 7) is 0. The Morgan fingerprint density at radius 1 is 1.67 bits per heavy atom. The van der Waals surface area contributed by atoms with Crippen molar-refractivity contribution in [3.05, 3.63) is 0 Å². The van der Waals surface area contributed by atoms with Crippen LogP contribution in [0.2, 0.25) is 0 Å². The van der Waals surface area contributed by atoms with E-state index in [1.807, 2.05) is 0 Å². The maximum absolute atomic E-state index is 8.78. The van der Waals surface area contributed by atoms with E-state index in [4.69, 9.17) is 9.90 Å². The van der Waals surface area contributed by atoms with Gasteiger partial charge in [0.15, 0.2) is 0 Å². The molecule has 39 valence electrons. The van der Waals surface area contributed by atoms with E-state index in [1.165, 1.54) is 0 Å². The van der Waals surface area contributed by atoms with Crippen molar-refractivity contribution in [2.45, 2.75) is 0 Å². The average molecular weight is 133 g/mol. The Hall–Kier alpha value is -0.251. The Morgan fingerprint density at radius 2 is 1.67 bits per heavy atom. The summed E-state index contributed by atoms with van der Waals surface area (Å²) in [5.41, 5.74) is 4.03. The smallest absolute Gasteiger partial charge is 0.402 e. The first kappa shape index (κ1) is 17.2. The third kappa shape index (κ3) is 452. The molecule has 6 N–H and O–H groups in total. The van der Waals surface area contributed by atoms with E-state index >= 15 is 0 Å². The van der Waals surface area contributed by atoms with E-state index in [9.17, 15) is 0 Å². The number of amides is 1. The van der Waals surface area contributed by atoms with Crippen LogP contribution in [0, 0.1) is 0 Å². The fourth-order valence-corrected chi connectivity index (χ4v) is 0. The predicted octanol–water partition coefficient (Wildman–Crippen LogP) is -0.217. The molecule has 0 saturated heterocycles. The van der Waals surface area contributed by atoms with Crippen molar-refractivity contribution in [3.8, 4) is 0 Å². The molecule has 1 amide bonds. The summed E-state index contributed by atoms with van der Waals surface area (Å²) in [5, 5.41) is 7.19. The molecule has 0 atom stereocenters. The van der Waals surface area contributed by atoms with E-state index in [-0.39, 0.29) is 23.2 Å². The van der Waals surface area contributed by atoms with Crippen molar-refractivity contribution in [2.24, 2.45) is 5.73 Å². The molecule has 4 nitrogen and oxygen atoms in total. The molecule has 0 aromatic carbocycles. The minimum atomic E-state index is -1.33. The van der Waals surface area contributed by atoms with Crippen molar-refractivity contribution in [2.75, 3.05) is 0 Å². The molecule has 0 fully saturated rings. The van der Waals surface area contributed by atoms with Crippen LogP contribution in [-0.2, 0) is 17.1 Å². The normalized spacial score (nSPS) is 4.00. The Kier molecular flexibility index (Phi) is 25.3. The van der Waals surface area contributed by atoms with Crippen LogP contribution in [-0.4, -0.2) is 11.2 Å². The van der Waals surface area contributed by atoms with Crippen molar-refractivity contribution in [1.82, 2.24) is 6.15 Å². The Morgan fingerprint density at radius 3 is 1.67 bits per heavy atom. The van der Waals surface area contributed by atoms with Crippen LogP contribution in [0.3, 0.4) is 0 Å².